The van der Waals surface area contributed by atoms with Crippen molar-refractivity contribution in [1.82, 2.24) is 0 Å². The van der Waals surface area contributed by atoms with Gasteiger partial charge in [-0.3, -0.25) is 0 Å². The molecule has 3 atom stereocenters. The van der Waals surface area contributed by atoms with E-state index < -0.39 is 0 Å². The van der Waals surface area contributed by atoms with Crippen LogP contribution in [-0.2, 0) is 4.74 Å². The molecule has 0 radical (unpaired) electrons. The van der Waals surface area contributed by atoms with Gasteiger partial charge < -0.3 is 4.74 Å². The molecule has 0 aromatic carbocycles. The second-order valence-electron chi connectivity index (χ2n) is 2.68. The van der Waals surface area contributed by atoms with Crippen LogP contribution in [-0.4, -0.2) is 18.5 Å². The van der Waals surface area contributed by atoms with Crippen LogP contribution < -0.4 is 0 Å². The molecule has 1 saturated heterocycles. The number of hydrogen-bond donors (Lipinski definition) is 0. The van der Waals surface area contributed by atoms with Crippen molar-refractivity contribution in [2.45, 2.75) is 0 Å². The molecule has 0 amide bonds. The summed E-state index contributed by atoms with van der Waals surface area (Å²) < 4.78 is 5.22. The highest BCUT2D eigenvalue weighted by Gasteiger charge is 2.52. The van der Waals surface area contributed by atoms with Crippen LogP contribution in [0.25, 0.3) is 0 Å². The average molecular weight is 177 g/mol. The minimum absolute atomic E-state index is 0.925. The topological polar surface area (TPSA) is 9.23 Å². The van der Waals surface area contributed by atoms with Crippen LogP contribution in [0.1, 0.15) is 0 Å². The van der Waals surface area contributed by atoms with Crippen LogP contribution in [0.3, 0.4) is 0 Å². The van der Waals surface area contributed by atoms with Gasteiger partial charge in [-0.05, 0) is 17.8 Å². The van der Waals surface area contributed by atoms with E-state index in [4.69, 9.17) is 4.74 Å². The van der Waals surface area contributed by atoms with Crippen molar-refractivity contribution in [3.8, 4) is 0 Å². The summed E-state index contributed by atoms with van der Waals surface area (Å²) in [4.78, 5) is 0. The normalized spacial score (nSPS) is 51.4. The van der Waals surface area contributed by atoms with Crippen LogP contribution in [0.4, 0.5) is 0 Å². The predicted octanol–water partition coefficient (Wildman–Crippen LogP) is 1.27. The molecule has 0 aromatic rings. The van der Waals surface area contributed by atoms with Crippen molar-refractivity contribution in [2.24, 2.45) is 17.8 Å². The fourth-order valence-electron chi connectivity index (χ4n) is 1.59. The Morgan fingerprint density at radius 2 is 2.00 bits per heavy atom. The number of hydrogen-bond acceptors (Lipinski definition) is 1. The fourth-order valence-corrected chi connectivity index (χ4v) is 2.55. The summed E-state index contributed by atoms with van der Waals surface area (Å²) in [7, 11) is 0. The zero-order valence-corrected chi connectivity index (χ0v) is 6.23. The van der Waals surface area contributed by atoms with Crippen LogP contribution in [0.5, 0.6) is 0 Å². The number of ether oxygens (including phenoxy) is 1. The lowest BCUT2D eigenvalue weighted by Crippen LogP contribution is -1.97. The van der Waals surface area contributed by atoms with Gasteiger partial charge in [0.2, 0.25) is 0 Å². The zero-order valence-electron chi connectivity index (χ0n) is 4.64. The lowest BCUT2D eigenvalue weighted by molar-refractivity contribution is 0.154. The predicted molar refractivity (Wildman–Crippen MR) is 35.1 cm³/mol. The molecule has 2 aliphatic rings. The molecule has 2 rings (SSSR count). The Bertz CT molecular complexity index is 87.9. The second-order valence-corrected chi connectivity index (χ2v) is 3.33. The average Bonchev–Trinajstić information content (AvgIpc) is 2.22. The summed E-state index contributed by atoms with van der Waals surface area (Å²) >= 11 is 3.48. The minimum atomic E-state index is 0.925. The molecular weight excluding hydrogens is 168 g/mol. The highest BCUT2D eigenvalue weighted by molar-refractivity contribution is 9.09. The molecule has 46 valence electrons. The second kappa shape index (κ2) is 1.71. The van der Waals surface area contributed by atoms with E-state index >= 15 is 0 Å². The van der Waals surface area contributed by atoms with Gasteiger partial charge in [-0.25, -0.2) is 0 Å². The van der Waals surface area contributed by atoms with E-state index in [-0.39, 0.29) is 0 Å². The Balaban J connectivity index is 1.94. The monoisotopic (exact) mass is 176 g/mol. The standard InChI is InChI=1S/C6H9BrO/c7-1-4-5-2-8-3-6(4)5/h4-6H,1-3H2/t4?,5-,6+. The quantitative estimate of drug-likeness (QED) is 0.548. The van der Waals surface area contributed by atoms with Gasteiger partial charge in [0.1, 0.15) is 0 Å². The molecule has 8 heavy (non-hydrogen) atoms. The maximum absolute atomic E-state index is 5.22. The Morgan fingerprint density at radius 3 is 2.38 bits per heavy atom. The highest BCUT2D eigenvalue weighted by atomic mass is 79.9. The van der Waals surface area contributed by atoms with Crippen molar-refractivity contribution in [3.63, 3.8) is 0 Å². The van der Waals surface area contributed by atoms with E-state index in [0.29, 0.717) is 0 Å². The molecule has 0 bridgehead atoms. The maximum atomic E-state index is 5.22. The third-order valence-corrected chi connectivity index (χ3v) is 3.06. The maximum Gasteiger partial charge on any atom is 0.0501 e. The molecular formula is C6H9BrO. The highest BCUT2D eigenvalue weighted by Crippen LogP contribution is 2.51. The first kappa shape index (κ1) is 5.24. The molecule has 1 unspecified atom stereocenters. The zero-order chi connectivity index (χ0) is 5.56. The molecule has 0 spiro atoms. The van der Waals surface area contributed by atoms with E-state index in [1.807, 2.05) is 0 Å². The molecule has 1 heterocycles. The van der Waals surface area contributed by atoms with Gasteiger partial charge in [0, 0.05) is 5.33 Å². The molecule has 0 aromatic heterocycles. The first-order valence-electron chi connectivity index (χ1n) is 3.07. The van der Waals surface area contributed by atoms with Gasteiger partial charge in [0.25, 0.3) is 0 Å². The van der Waals surface area contributed by atoms with Crippen molar-refractivity contribution in [2.75, 3.05) is 18.5 Å². The number of rotatable bonds is 1. The molecule has 1 saturated carbocycles. The lowest BCUT2D eigenvalue weighted by Gasteiger charge is -1.96. The molecule has 1 aliphatic carbocycles. The van der Waals surface area contributed by atoms with Crippen molar-refractivity contribution >= 4 is 15.9 Å². The molecule has 2 heteroatoms. The van der Waals surface area contributed by atoms with Gasteiger partial charge >= 0.3 is 0 Å². The van der Waals surface area contributed by atoms with Crippen LogP contribution in [0.2, 0.25) is 0 Å². The van der Waals surface area contributed by atoms with E-state index in [0.717, 1.165) is 31.0 Å². The number of halogens is 1. The van der Waals surface area contributed by atoms with Gasteiger partial charge in [0.15, 0.2) is 0 Å². The summed E-state index contributed by atoms with van der Waals surface area (Å²) in [5.74, 6) is 2.81. The first-order valence-corrected chi connectivity index (χ1v) is 4.19. The van der Waals surface area contributed by atoms with E-state index in [2.05, 4.69) is 15.9 Å². The SMILES string of the molecule is BrCC1[C@H]2COC[C@@H]12. The first-order chi connectivity index (χ1) is 3.93. The Morgan fingerprint density at radius 1 is 1.38 bits per heavy atom. The van der Waals surface area contributed by atoms with Gasteiger partial charge in [-0.2, -0.15) is 0 Å². The Kier molecular flexibility index (Phi) is 1.12. The van der Waals surface area contributed by atoms with E-state index in [1.165, 1.54) is 5.33 Å². The fraction of sp³-hybridized carbons (Fsp3) is 1.00. The lowest BCUT2D eigenvalue weighted by atomic mass is 10.4. The minimum Gasteiger partial charge on any atom is -0.381 e. The molecule has 0 N–H and O–H groups in total. The molecule has 2 fully saturated rings. The van der Waals surface area contributed by atoms with Crippen molar-refractivity contribution < 1.29 is 4.74 Å². The Hall–Kier alpha value is 0.440. The molecule has 1 aliphatic heterocycles. The summed E-state index contributed by atoms with van der Waals surface area (Å²) in [6.45, 7) is 2.06. The smallest absolute Gasteiger partial charge is 0.0501 e. The summed E-state index contributed by atoms with van der Waals surface area (Å²) in [5.41, 5.74) is 0. The third-order valence-electron chi connectivity index (χ3n) is 2.31. The van der Waals surface area contributed by atoms with Crippen LogP contribution >= 0.6 is 15.9 Å². The number of alkyl halides is 1. The number of fused-ring (bicyclic) bond motifs is 1. The van der Waals surface area contributed by atoms with E-state index in [9.17, 15) is 0 Å². The Labute approximate surface area is 57.5 Å². The van der Waals surface area contributed by atoms with Gasteiger partial charge in [-0.1, -0.05) is 15.9 Å². The summed E-state index contributed by atoms with van der Waals surface area (Å²) in [5, 5.41) is 1.19. The summed E-state index contributed by atoms with van der Waals surface area (Å²) in [6, 6.07) is 0. The van der Waals surface area contributed by atoms with Crippen LogP contribution in [0.15, 0.2) is 0 Å². The van der Waals surface area contributed by atoms with Gasteiger partial charge in [-0.15, -0.1) is 0 Å². The van der Waals surface area contributed by atoms with Crippen molar-refractivity contribution in [3.05, 3.63) is 0 Å². The van der Waals surface area contributed by atoms with E-state index in [1.54, 1.807) is 0 Å². The summed E-state index contributed by atoms with van der Waals surface area (Å²) in [6.07, 6.45) is 0. The van der Waals surface area contributed by atoms with Crippen molar-refractivity contribution in [1.29, 1.82) is 0 Å². The third kappa shape index (κ3) is 0.560. The molecule has 1 nitrogen and oxygen atoms in total. The van der Waals surface area contributed by atoms with Crippen LogP contribution in [0, 0.1) is 17.8 Å². The largest absolute Gasteiger partial charge is 0.381 e. The van der Waals surface area contributed by atoms with Gasteiger partial charge in [0.05, 0.1) is 13.2 Å².